The third-order valence-electron chi connectivity index (χ3n) is 5.73. The molecular weight excluding hydrogens is 472 g/mol. The van der Waals surface area contributed by atoms with Gasteiger partial charge in [-0.25, -0.2) is 8.42 Å². The number of aromatic nitrogens is 3. The van der Waals surface area contributed by atoms with Crippen molar-refractivity contribution < 1.29 is 17.6 Å². The fourth-order valence-corrected chi connectivity index (χ4v) is 5.87. The summed E-state index contributed by atoms with van der Waals surface area (Å²) in [4.78, 5) is 13.0. The summed E-state index contributed by atoms with van der Waals surface area (Å²) in [5, 5.41) is 9.34. The molecule has 1 aliphatic rings. The van der Waals surface area contributed by atoms with E-state index in [4.69, 9.17) is 4.42 Å². The first-order valence-electron chi connectivity index (χ1n) is 10.6. The highest BCUT2D eigenvalue weighted by atomic mass is 32.2. The highest BCUT2D eigenvalue weighted by molar-refractivity contribution is 7.99. The summed E-state index contributed by atoms with van der Waals surface area (Å²) in [6, 6.07) is 16.8. The molecule has 0 N–H and O–H groups in total. The number of furan rings is 1. The smallest absolute Gasteiger partial charge is 0.232 e. The molecule has 0 saturated heterocycles. The first-order chi connectivity index (χ1) is 16.3. The minimum absolute atomic E-state index is 0.0609. The SMILES string of the molecule is Cc1occc1-c1nnc(SCC(=O)c2ccc3c(c2)CCN3S(C)(=O)=O)n1-c1ccccc1. The number of Topliss-reactive ketones (excluding diaryl/α,β-unsaturated/α-hetero) is 1. The van der Waals surface area contributed by atoms with E-state index in [-0.39, 0.29) is 11.5 Å². The molecule has 0 bridgehead atoms. The molecule has 0 spiro atoms. The molecule has 1 aliphatic heterocycles. The maximum atomic E-state index is 13.0. The minimum atomic E-state index is -3.33. The lowest BCUT2D eigenvalue weighted by Crippen LogP contribution is -2.27. The molecule has 174 valence electrons. The molecule has 8 nitrogen and oxygen atoms in total. The molecule has 0 radical (unpaired) electrons. The lowest BCUT2D eigenvalue weighted by Gasteiger charge is -2.16. The van der Waals surface area contributed by atoms with E-state index in [1.54, 1.807) is 24.5 Å². The predicted molar refractivity (Wildman–Crippen MR) is 131 cm³/mol. The van der Waals surface area contributed by atoms with Gasteiger partial charge >= 0.3 is 0 Å². The quantitative estimate of drug-likeness (QED) is 0.281. The maximum Gasteiger partial charge on any atom is 0.232 e. The number of nitrogens with zero attached hydrogens (tertiary/aromatic N) is 4. The molecule has 10 heteroatoms. The van der Waals surface area contributed by atoms with E-state index in [1.165, 1.54) is 22.3 Å². The number of benzene rings is 2. The third kappa shape index (κ3) is 4.14. The number of hydrogen-bond donors (Lipinski definition) is 0. The molecule has 34 heavy (non-hydrogen) atoms. The summed E-state index contributed by atoms with van der Waals surface area (Å²) in [7, 11) is -3.33. The second-order valence-corrected chi connectivity index (χ2v) is 10.9. The zero-order chi connectivity index (χ0) is 23.9. The number of rotatable bonds is 7. The van der Waals surface area contributed by atoms with Crippen LogP contribution in [0.1, 0.15) is 21.7 Å². The Morgan fingerprint density at radius 2 is 1.91 bits per heavy atom. The minimum Gasteiger partial charge on any atom is -0.469 e. The molecule has 0 fully saturated rings. The number of aryl methyl sites for hydroxylation is 1. The van der Waals surface area contributed by atoms with Gasteiger partial charge < -0.3 is 4.42 Å². The Kier molecular flexibility index (Phi) is 5.78. The van der Waals surface area contributed by atoms with Crippen molar-refractivity contribution in [3.8, 4) is 17.1 Å². The highest BCUT2D eigenvalue weighted by Crippen LogP contribution is 2.33. The van der Waals surface area contributed by atoms with Gasteiger partial charge in [-0.15, -0.1) is 10.2 Å². The van der Waals surface area contributed by atoms with Gasteiger partial charge in [0.2, 0.25) is 10.0 Å². The summed E-state index contributed by atoms with van der Waals surface area (Å²) in [6.07, 6.45) is 3.40. The zero-order valence-electron chi connectivity index (χ0n) is 18.6. The van der Waals surface area contributed by atoms with Crippen molar-refractivity contribution in [2.24, 2.45) is 0 Å². The fraction of sp³-hybridized carbons (Fsp3) is 0.208. The number of ketones is 1. The normalized spacial score (nSPS) is 13.3. The van der Waals surface area contributed by atoms with E-state index >= 15 is 0 Å². The molecule has 4 aromatic rings. The average Bonchev–Trinajstić information content (AvgIpc) is 3.54. The summed E-state index contributed by atoms with van der Waals surface area (Å²) in [6.45, 7) is 2.27. The van der Waals surface area contributed by atoms with Crippen LogP contribution in [0, 0.1) is 6.92 Å². The van der Waals surface area contributed by atoms with E-state index in [1.807, 2.05) is 47.9 Å². The molecule has 3 heterocycles. The Labute approximate surface area is 201 Å². The van der Waals surface area contributed by atoms with E-state index < -0.39 is 10.0 Å². The first kappa shape index (κ1) is 22.4. The van der Waals surface area contributed by atoms with Gasteiger partial charge in [-0.05, 0) is 55.3 Å². The number of anilines is 1. The van der Waals surface area contributed by atoms with Gasteiger partial charge in [-0.1, -0.05) is 30.0 Å². The Morgan fingerprint density at radius 1 is 1.12 bits per heavy atom. The van der Waals surface area contributed by atoms with Gasteiger partial charge in [0.05, 0.1) is 29.5 Å². The molecule has 0 aliphatic carbocycles. The van der Waals surface area contributed by atoms with Crippen molar-refractivity contribution in [2.45, 2.75) is 18.5 Å². The highest BCUT2D eigenvalue weighted by Gasteiger charge is 2.27. The Bertz CT molecular complexity index is 1480. The first-order valence-corrected chi connectivity index (χ1v) is 13.5. The second kappa shape index (κ2) is 8.77. The van der Waals surface area contributed by atoms with Gasteiger partial charge in [0, 0.05) is 17.8 Å². The van der Waals surface area contributed by atoms with Crippen LogP contribution in [0.2, 0.25) is 0 Å². The van der Waals surface area contributed by atoms with Crippen molar-refractivity contribution in [3.05, 3.63) is 77.7 Å². The Morgan fingerprint density at radius 3 is 2.62 bits per heavy atom. The van der Waals surface area contributed by atoms with Gasteiger partial charge in [-0.2, -0.15) is 0 Å². The van der Waals surface area contributed by atoms with E-state index in [9.17, 15) is 13.2 Å². The summed E-state index contributed by atoms with van der Waals surface area (Å²) >= 11 is 1.31. The van der Waals surface area contributed by atoms with Gasteiger partial charge in [0.15, 0.2) is 16.8 Å². The van der Waals surface area contributed by atoms with Crippen LogP contribution in [0.4, 0.5) is 5.69 Å². The fourth-order valence-electron chi connectivity index (χ4n) is 4.07. The van der Waals surface area contributed by atoms with Crippen molar-refractivity contribution in [3.63, 3.8) is 0 Å². The van der Waals surface area contributed by atoms with Crippen LogP contribution in [-0.2, 0) is 16.4 Å². The molecule has 0 atom stereocenters. The number of carbonyl (C=O) groups excluding carboxylic acids is 1. The van der Waals surface area contributed by atoms with Crippen molar-refractivity contribution in [1.82, 2.24) is 14.8 Å². The second-order valence-electron chi connectivity index (χ2n) is 8.01. The van der Waals surface area contributed by atoms with Crippen molar-refractivity contribution >= 4 is 33.3 Å². The standard InChI is InChI=1S/C24H22N4O4S2/c1-16-20(11-13-32-16)23-25-26-24(28(23)19-6-4-3-5-7-19)33-15-22(29)18-8-9-21-17(14-18)10-12-27(21)34(2,30)31/h3-9,11,13-14H,10,12,15H2,1-2H3. The number of hydrogen-bond acceptors (Lipinski definition) is 7. The molecule has 0 saturated carbocycles. The Hall–Kier alpha value is -3.37. The number of thioether (sulfide) groups is 1. The molecular formula is C24H22N4O4S2. The number of fused-ring (bicyclic) bond motifs is 1. The summed E-state index contributed by atoms with van der Waals surface area (Å²) in [5.74, 6) is 1.49. The van der Waals surface area contributed by atoms with Crippen molar-refractivity contribution in [2.75, 3.05) is 22.9 Å². The molecule has 2 aromatic carbocycles. The topological polar surface area (TPSA) is 98.3 Å². The van der Waals surface area contributed by atoms with Crippen LogP contribution >= 0.6 is 11.8 Å². The Balaban J connectivity index is 1.40. The van der Waals surface area contributed by atoms with Gasteiger partial charge in [0.25, 0.3) is 0 Å². The van der Waals surface area contributed by atoms with Gasteiger partial charge in [-0.3, -0.25) is 13.7 Å². The third-order valence-corrected chi connectivity index (χ3v) is 7.84. The number of sulfonamides is 1. The van der Waals surface area contributed by atoms with Crippen LogP contribution in [0.3, 0.4) is 0 Å². The number of para-hydroxylation sites is 1. The molecule has 0 unspecified atom stereocenters. The lowest BCUT2D eigenvalue weighted by atomic mass is 10.1. The average molecular weight is 495 g/mol. The monoisotopic (exact) mass is 494 g/mol. The van der Waals surface area contributed by atoms with E-state index in [2.05, 4.69) is 10.2 Å². The van der Waals surface area contributed by atoms with Crippen LogP contribution in [0.5, 0.6) is 0 Å². The molecule has 2 aromatic heterocycles. The summed E-state index contributed by atoms with van der Waals surface area (Å²) < 4.78 is 32.7. The predicted octanol–water partition coefficient (Wildman–Crippen LogP) is 4.13. The van der Waals surface area contributed by atoms with Crippen LogP contribution in [0.15, 0.2) is 70.4 Å². The van der Waals surface area contributed by atoms with Crippen molar-refractivity contribution in [1.29, 1.82) is 0 Å². The lowest BCUT2D eigenvalue weighted by molar-refractivity contribution is 0.102. The number of carbonyl (C=O) groups is 1. The summed E-state index contributed by atoms with van der Waals surface area (Å²) in [5.41, 5.74) is 3.79. The van der Waals surface area contributed by atoms with Crippen LogP contribution in [-0.4, -0.2) is 47.5 Å². The largest absolute Gasteiger partial charge is 0.469 e. The maximum absolute atomic E-state index is 13.0. The van der Waals surface area contributed by atoms with E-state index in [0.717, 1.165) is 22.6 Å². The van der Waals surface area contributed by atoms with Crippen LogP contribution in [0.25, 0.3) is 17.1 Å². The molecule has 5 rings (SSSR count). The van der Waals surface area contributed by atoms with Crippen LogP contribution < -0.4 is 4.31 Å². The zero-order valence-corrected chi connectivity index (χ0v) is 20.3. The molecule has 0 amide bonds. The van der Waals surface area contributed by atoms with Gasteiger partial charge in [0.1, 0.15) is 5.76 Å². The van der Waals surface area contributed by atoms with E-state index in [0.29, 0.717) is 35.2 Å².